The number of nitrogens with zero attached hydrogens (tertiary/aromatic N) is 1. The van der Waals surface area contributed by atoms with Gasteiger partial charge in [0.1, 0.15) is 0 Å². The van der Waals surface area contributed by atoms with Crippen LogP contribution in [0.5, 0.6) is 0 Å². The molecule has 6 aromatic carbocycles. The van der Waals surface area contributed by atoms with E-state index in [9.17, 15) is 0 Å². The van der Waals surface area contributed by atoms with Gasteiger partial charge >= 0.3 is 0 Å². The van der Waals surface area contributed by atoms with Crippen LogP contribution in [-0.4, -0.2) is 0 Å². The fraction of sp³-hybridized carbons (Fsp3) is 0.135. The Morgan fingerprint density at radius 2 is 1.08 bits per heavy atom. The molecule has 38 heavy (non-hydrogen) atoms. The number of hydrogen-bond acceptors (Lipinski definition) is 1. The molecule has 0 fully saturated rings. The van der Waals surface area contributed by atoms with E-state index in [2.05, 4.69) is 146 Å². The van der Waals surface area contributed by atoms with E-state index in [0.29, 0.717) is 0 Å². The van der Waals surface area contributed by atoms with Crippen LogP contribution in [-0.2, 0) is 5.41 Å². The van der Waals surface area contributed by atoms with Gasteiger partial charge in [-0.05, 0) is 68.7 Å². The Morgan fingerprint density at radius 3 is 1.87 bits per heavy atom. The average molecular weight is 492 g/mol. The summed E-state index contributed by atoms with van der Waals surface area (Å²) in [6, 6.07) is 46.4. The SMILES string of the molecule is CC.CC1(C)c2ccccc2-c2ccc(N(c3ccccc3)c3cc4ccccc4c4ccccc34)cc21. The molecule has 1 aliphatic carbocycles. The molecule has 0 radical (unpaired) electrons. The first-order valence-electron chi connectivity index (χ1n) is 13.6. The molecule has 0 aromatic heterocycles. The van der Waals surface area contributed by atoms with Gasteiger partial charge in [0.15, 0.2) is 0 Å². The first-order chi connectivity index (χ1) is 18.6. The molecule has 0 heterocycles. The van der Waals surface area contributed by atoms with E-state index in [0.717, 1.165) is 5.69 Å². The predicted molar refractivity (Wildman–Crippen MR) is 165 cm³/mol. The summed E-state index contributed by atoms with van der Waals surface area (Å²) in [5.41, 5.74) is 8.97. The van der Waals surface area contributed by atoms with Crippen molar-refractivity contribution in [3.05, 3.63) is 139 Å². The number of anilines is 3. The van der Waals surface area contributed by atoms with Gasteiger partial charge in [-0.3, -0.25) is 0 Å². The number of benzene rings is 6. The summed E-state index contributed by atoms with van der Waals surface area (Å²) in [5.74, 6) is 0. The fourth-order valence-corrected chi connectivity index (χ4v) is 6.06. The number of para-hydroxylation sites is 1. The summed E-state index contributed by atoms with van der Waals surface area (Å²) >= 11 is 0. The molecule has 0 N–H and O–H groups in total. The third-order valence-corrected chi connectivity index (χ3v) is 7.83. The zero-order valence-corrected chi connectivity index (χ0v) is 22.6. The zero-order valence-electron chi connectivity index (χ0n) is 22.6. The highest BCUT2D eigenvalue weighted by Crippen LogP contribution is 2.51. The summed E-state index contributed by atoms with van der Waals surface area (Å²) in [6.45, 7) is 8.69. The van der Waals surface area contributed by atoms with Crippen molar-refractivity contribution < 1.29 is 0 Å². The van der Waals surface area contributed by atoms with Gasteiger partial charge in [-0.1, -0.05) is 125 Å². The van der Waals surface area contributed by atoms with Crippen molar-refractivity contribution in [1.82, 2.24) is 0 Å². The fourth-order valence-electron chi connectivity index (χ4n) is 6.06. The molecule has 0 spiro atoms. The maximum Gasteiger partial charge on any atom is 0.0546 e. The Kier molecular flexibility index (Phi) is 6.00. The summed E-state index contributed by atoms with van der Waals surface area (Å²) in [6.07, 6.45) is 0. The van der Waals surface area contributed by atoms with Gasteiger partial charge in [-0.2, -0.15) is 0 Å². The van der Waals surface area contributed by atoms with Crippen molar-refractivity contribution in [3.63, 3.8) is 0 Å². The van der Waals surface area contributed by atoms with Crippen LogP contribution in [0.1, 0.15) is 38.8 Å². The normalized spacial score (nSPS) is 12.9. The van der Waals surface area contributed by atoms with Crippen LogP contribution in [0, 0.1) is 0 Å². The second-order valence-corrected chi connectivity index (χ2v) is 10.2. The van der Waals surface area contributed by atoms with Crippen molar-refractivity contribution >= 4 is 38.6 Å². The van der Waals surface area contributed by atoms with Gasteiger partial charge in [-0.15, -0.1) is 0 Å². The van der Waals surface area contributed by atoms with E-state index < -0.39 is 0 Å². The Bertz CT molecular complexity index is 1760. The summed E-state index contributed by atoms with van der Waals surface area (Å²) in [4.78, 5) is 2.42. The minimum absolute atomic E-state index is 0.0459. The topological polar surface area (TPSA) is 3.24 Å². The first kappa shape index (κ1) is 24.0. The lowest BCUT2D eigenvalue weighted by Crippen LogP contribution is -2.16. The van der Waals surface area contributed by atoms with E-state index in [4.69, 9.17) is 0 Å². The number of rotatable bonds is 3. The first-order valence-corrected chi connectivity index (χ1v) is 13.6. The van der Waals surface area contributed by atoms with Crippen LogP contribution in [0.25, 0.3) is 32.7 Å². The highest BCUT2D eigenvalue weighted by atomic mass is 15.1. The van der Waals surface area contributed by atoms with E-state index >= 15 is 0 Å². The predicted octanol–water partition coefficient (Wildman–Crippen LogP) is 10.8. The summed E-state index contributed by atoms with van der Waals surface area (Å²) < 4.78 is 0. The standard InChI is InChI=1S/C35H27N.C2H6/c1-35(2)32-19-11-10-17-29(32)30-21-20-26(23-33(30)35)36(25-13-4-3-5-14-25)34-22-24-12-6-7-15-27(24)28-16-8-9-18-31(28)34;1-2/h3-23H,1-2H3;1-2H3. The molecule has 6 aromatic rings. The molecule has 0 atom stereocenters. The molecule has 186 valence electrons. The van der Waals surface area contributed by atoms with Gasteiger partial charge in [-0.25, -0.2) is 0 Å². The van der Waals surface area contributed by atoms with Crippen LogP contribution in [0.15, 0.2) is 127 Å². The average Bonchev–Trinajstić information content (AvgIpc) is 3.21. The van der Waals surface area contributed by atoms with Crippen molar-refractivity contribution in [3.8, 4) is 11.1 Å². The smallest absolute Gasteiger partial charge is 0.0546 e. The largest absolute Gasteiger partial charge is 0.310 e. The van der Waals surface area contributed by atoms with E-state index in [1.54, 1.807) is 0 Å². The van der Waals surface area contributed by atoms with Gasteiger partial charge < -0.3 is 4.90 Å². The van der Waals surface area contributed by atoms with Crippen LogP contribution < -0.4 is 4.90 Å². The van der Waals surface area contributed by atoms with Crippen molar-refractivity contribution in [1.29, 1.82) is 0 Å². The van der Waals surface area contributed by atoms with Crippen molar-refractivity contribution in [2.75, 3.05) is 4.90 Å². The number of hydrogen-bond donors (Lipinski definition) is 0. The maximum absolute atomic E-state index is 2.42. The van der Waals surface area contributed by atoms with Crippen molar-refractivity contribution in [2.24, 2.45) is 0 Å². The quantitative estimate of drug-likeness (QED) is 0.223. The maximum atomic E-state index is 2.42. The molecule has 1 aliphatic rings. The Balaban J connectivity index is 0.00000129. The highest BCUT2D eigenvalue weighted by molar-refractivity contribution is 6.14. The van der Waals surface area contributed by atoms with Crippen LogP contribution in [0.4, 0.5) is 17.1 Å². The third kappa shape index (κ3) is 3.70. The zero-order chi connectivity index (χ0) is 26.3. The van der Waals surface area contributed by atoms with E-state index in [-0.39, 0.29) is 5.41 Å². The molecule has 0 bridgehead atoms. The Hall–Kier alpha value is -4.36. The van der Waals surface area contributed by atoms with Crippen molar-refractivity contribution in [2.45, 2.75) is 33.1 Å². The van der Waals surface area contributed by atoms with Crippen LogP contribution in [0.2, 0.25) is 0 Å². The molecular formula is C37H33N. The number of fused-ring (bicyclic) bond motifs is 6. The Morgan fingerprint density at radius 1 is 0.474 bits per heavy atom. The highest BCUT2D eigenvalue weighted by Gasteiger charge is 2.35. The van der Waals surface area contributed by atoms with Gasteiger partial charge in [0.05, 0.1) is 5.69 Å². The molecule has 7 rings (SSSR count). The molecule has 1 nitrogen and oxygen atoms in total. The molecule has 0 saturated carbocycles. The summed E-state index contributed by atoms with van der Waals surface area (Å²) in [5, 5.41) is 5.07. The summed E-state index contributed by atoms with van der Waals surface area (Å²) in [7, 11) is 0. The van der Waals surface area contributed by atoms with Crippen LogP contribution >= 0.6 is 0 Å². The van der Waals surface area contributed by atoms with Crippen LogP contribution in [0.3, 0.4) is 0 Å². The van der Waals surface area contributed by atoms with E-state index in [1.165, 1.54) is 55.2 Å². The molecule has 0 aliphatic heterocycles. The minimum Gasteiger partial charge on any atom is -0.310 e. The monoisotopic (exact) mass is 491 g/mol. The van der Waals surface area contributed by atoms with Gasteiger partial charge in [0.25, 0.3) is 0 Å². The lowest BCUT2D eigenvalue weighted by molar-refractivity contribution is 0.660. The van der Waals surface area contributed by atoms with E-state index in [1.807, 2.05) is 13.8 Å². The molecule has 0 unspecified atom stereocenters. The lowest BCUT2D eigenvalue weighted by atomic mass is 9.82. The van der Waals surface area contributed by atoms with Gasteiger partial charge in [0, 0.05) is 22.2 Å². The van der Waals surface area contributed by atoms with Gasteiger partial charge in [0.2, 0.25) is 0 Å². The molecule has 0 saturated heterocycles. The molecular weight excluding hydrogens is 458 g/mol. The minimum atomic E-state index is -0.0459. The second kappa shape index (κ2) is 9.50. The molecule has 1 heteroatoms. The molecule has 0 amide bonds. The Labute approximate surface area is 226 Å². The lowest BCUT2D eigenvalue weighted by Gasteiger charge is -2.29. The third-order valence-electron chi connectivity index (χ3n) is 7.83. The second-order valence-electron chi connectivity index (χ2n) is 10.2.